The number of benzene rings is 2. The van der Waals surface area contributed by atoms with Gasteiger partial charge in [-0.25, -0.2) is 4.79 Å². The fourth-order valence-electron chi connectivity index (χ4n) is 2.98. The molecule has 0 aromatic heterocycles. The summed E-state index contributed by atoms with van der Waals surface area (Å²) in [7, 11) is 0. The number of nitrogens with zero attached hydrogens (tertiary/aromatic N) is 1. The maximum absolute atomic E-state index is 12.8. The number of aryl methyl sites for hydroxylation is 1. The van der Waals surface area contributed by atoms with Crippen LogP contribution in [0.1, 0.15) is 26.3 Å². The Balaban J connectivity index is 1.93. The number of hydrogen-bond donors (Lipinski definition) is 2. The van der Waals surface area contributed by atoms with E-state index in [9.17, 15) is 9.59 Å². The largest absolute Gasteiger partial charge is 0.444 e. The van der Waals surface area contributed by atoms with Crippen molar-refractivity contribution in [3.05, 3.63) is 54.1 Å². The van der Waals surface area contributed by atoms with Crippen LogP contribution in [-0.4, -0.2) is 30.2 Å². The van der Waals surface area contributed by atoms with Crippen LogP contribution in [0.3, 0.4) is 0 Å². The molecule has 0 saturated heterocycles. The summed E-state index contributed by atoms with van der Waals surface area (Å²) in [5.41, 5.74) is 2.95. The first kappa shape index (κ1) is 18.8. The molecule has 1 atom stereocenters. The van der Waals surface area contributed by atoms with E-state index < -0.39 is 17.7 Å². The predicted octanol–water partition coefficient (Wildman–Crippen LogP) is 3.98. The van der Waals surface area contributed by atoms with Crippen molar-refractivity contribution in [3.8, 4) is 0 Å². The number of ether oxygens (including phenoxy) is 1. The lowest BCUT2D eigenvalue weighted by Crippen LogP contribution is -2.49. The smallest absolute Gasteiger partial charge is 0.408 e. The highest BCUT2D eigenvalue weighted by atomic mass is 16.6. The van der Waals surface area contributed by atoms with Gasteiger partial charge in [0.15, 0.2) is 0 Å². The van der Waals surface area contributed by atoms with Gasteiger partial charge in [-0.3, -0.25) is 4.79 Å². The van der Waals surface area contributed by atoms with E-state index in [0.717, 1.165) is 22.6 Å². The third-order valence-electron chi connectivity index (χ3n) is 4.14. The lowest BCUT2D eigenvalue weighted by molar-refractivity contribution is -0.117. The molecule has 0 fully saturated rings. The number of carbonyl (C=O) groups excluding carboxylic acids is 2. The van der Waals surface area contributed by atoms with Gasteiger partial charge in [0.1, 0.15) is 11.6 Å². The molecule has 2 aromatic carbocycles. The summed E-state index contributed by atoms with van der Waals surface area (Å²) in [6.45, 7) is 7.63. The summed E-state index contributed by atoms with van der Waals surface area (Å²) < 4.78 is 5.32. The van der Waals surface area contributed by atoms with E-state index in [1.807, 2.05) is 60.4 Å². The summed E-state index contributed by atoms with van der Waals surface area (Å²) in [5, 5.41) is 5.63. The van der Waals surface area contributed by atoms with Gasteiger partial charge < -0.3 is 20.3 Å². The summed E-state index contributed by atoms with van der Waals surface area (Å²) in [4.78, 5) is 27.0. The number of anilines is 3. The van der Waals surface area contributed by atoms with Crippen LogP contribution in [0, 0.1) is 6.92 Å². The Morgan fingerprint density at radius 1 is 1.19 bits per heavy atom. The van der Waals surface area contributed by atoms with Gasteiger partial charge in [0.05, 0.1) is 17.9 Å². The van der Waals surface area contributed by atoms with Crippen LogP contribution in [0.4, 0.5) is 21.9 Å². The van der Waals surface area contributed by atoms with E-state index >= 15 is 0 Å². The highest BCUT2D eigenvalue weighted by molar-refractivity contribution is 6.02. The zero-order valence-electron chi connectivity index (χ0n) is 16.1. The second-order valence-corrected chi connectivity index (χ2v) is 7.65. The molecule has 1 aliphatic rings. The van der Waals surface area contributed by atoms with Crippen LogP contribution in [0.5, 0.6) is 0 Å². The van der Waals surface area contributed by atoms with Gasteiger partial charge in [-0.1, -0.05) is 24.3 Å². The van der Waals surface area contributed by atoms with Crippen molar-refractivity contribution < 1.29 is 14.3 Å². The molecule has 6 heteroatoms. The van der Waals surface area contributed by atoms with Gasteiger partial charge in [-0.15, -0.1) is 0 Å². The minimum absolute atomic E-state index is 0.272. The molecule has 1 unspecified atom stereocenters. The fourth-order valence-corrected chi connectivity index (χ4v) is 2.98. The minimum atomic E-state index is -0.757. The molecule has 3 rings (SSSR count). The molecule has 0 saturated carbocycles. The Morgan fingerprint density at radius 3 is 2.56 bits per heavy atom. The van der Waals surface area contributed by atoms with E-state index in [-0.39, 0.29) is 5.91 Å². The van der Waals surface area contributed by atoms with Gasteiger partial charge >= 0.3 is 6.09 Å². The van der Waals surface area contributed by atoms with Crippen molar-refractivity contribution in [1.82, 2.24) is 5.32 Å². The highest BCUT2D eigenvalue weighted by Gasteiger charge is 2.31. The van der Waals surface area contributed by atoms with E-state index in [4.69, 9.17) is 4.74 Å². The van der Waals surface area contributed by atoms with Gasteiger partial charge in [0.2, 0.25) is 5.91 Å². The quantitative estimate of drug-likeness (QED) is 0.842. The number of carbonyl (C=O) groups is 2. The number of para-hydroxylation sites is 1. The van der Waals surface area contributed by atoms with Gasteiger partial charge in [0, 0.05) is 5.69 Å². The van der Waals surface area contributed by atoms with Gasteiger partial charge in [-0.05, 0) is 57.5 Å². The molecule has 27 heavy (non-hydrogen) atoms. The molecule has 0 aliphatic carbocycles. The number of nitrogens with one attached hydrogen (secondary N) is 2. The molecule has 142 valence electrons. The average molecular weight is 367 g/mol. The lowest BCUT2D eigenvalue weighted by Gasteiger charge is -2.28. The summed E-state index contributed by atoms with van der Waals surface area (Å²) in [5.74, 6) is -0.272. The first-order chi connectivity index (χ1) is 12.7. The van der Waals surface area contributed by atoms with Crippen molar-refractivity contribution in [3.63, 3.8) is 0 Å². The van der Waals surface area contributed by atoms with Crippen LogP contribution >= 0.6 is 0 Å². The summed E-state index contributed by atoms with van der Waals surface area (Å²) in [6, 6.07) is 14.9. The van der Waals surface area contributed by atoms with E-state index in [1.165, 1.54) is 0 Å². The number of hydrogen-bond acceptors (Lipinski definition) is 4. The van der Waals surface area contributed by atoms with E-state index in [0.29, 0.717) is 6.54 Å². The second-order valence-electron chi connectivity index (χ2n) is 7.65. The van der Waals surface area contributed by atoms with Crippen molar-refractivity contribution in [2.24, 2.45) is 0 Å². The van der Waals surface area contributed by atoms with Crippen LogP contribution in [0.15, 0.2) is 48.5 Å². The highest BCUT2D eigenvalue weighted by Crippen LogP contribution is 2.35. The molecule has 0 spiro atoms. The summed E-state index contributed by atoms with van der Waals surface area (Å²) >= 11 is 0. The zero-order valence-corrected chi connectivity index (χ0v) is 16.1. The molecule has 2 amide bonds. The van der Waals surface area contributed by atoms with Crippen molar-refractivity contribution in [2.75, 3.05) is 16.8 Å². The number of rotatable bonds is 2. The minimum Gasteiger partial charge on any atom is -0.444 e. The predicted molar refractivity (Wildman–Crippen MR) is 106 cm³/mol. The summed E-state index contributed by atoms with van der Waals surface area (Å²) in [6.07, 6.45) is -0.613. The molecule has 6 nitrogen and oxygen atoms in total. The zero-order chi connectivity index (χ0) is 19.6. The monoisotopic (exact) mass is 367 g/mol. The Bertz CT molecular complexity index is 843. The third-order valence-corrected chi connectivity index (χ3v) is 4.14. The lowest BCUT2D eigenvalue weighted by atomic mass is 10.1. The van der Waals surface area contributed by atoms with E-state index in [2.05, 4.69) is 10.6 Å². The van der Waals surface area contributed by atoms with Crippen molar-refractivity contribution in [1.29, 1.82) is 0 Å². The van der Waals surface area contributed by atoms with Gasteiger partial charge in [-0.2, -0.15) is 0 Å². The van der Waals surface area contributed by atoms with Gasteiger partial charge in [0.25, 0.3) is 0 Å². The second kappa shape index (κ2) is 7.31. The molecular formula is C21H25N3O3. The Hall–Kier alpha value is -3.02. The van der Waals surface area contributed by atoms with Crippen molar-refractivity contribution >= 4 is 29.1 Å². The Labute approximate surface area is 159 Å². The average Bonchev–Trinajstić information content (AvgIpc) is 2.70. The molecular weight excluding hydrogens is 342 g/mol. The molecule has 0 radical (unpaired) electrons. The molecule has 1 heterocycles. The molecule has 1 aliphatic heterocycles. The van der Waals surface area contributed by atoms with Crippen LogP contribution in [0.25, 0.3) is 0 Å². The van der Waals surface area contributed by atoms with Crippen LogP contribution < -0.4 is 15.5 Å². The van der Waals surface area contributed by atoms with Crippen molar-refractivity contribution in [2.45, 2.75) is 39.3 Å². The number of fused-ring (bicyclic) bond motifs is 1. The molecule has 2 N–H and O–H groups in total. The Kier molecular flexibility index (Phi) is 5.08. The first-order valence-electron chi connectivity index (χ1n) is 8.96. The maximum Gasteiger partial charge on any atom is 0.408 e. The maximum atomic E-state index is 12.8. The SMILES string of the molecule is Cc1ccc2c(c1)NC(=O)C(NC(=O)OC(C)(C)C)CN2c1ccccc1. The van der Waals surface area contributed by atoms with Crippen LogP contribution in [0.2, 0.25) is 0 Å². The number of alkyl carbamates (subject to hydrolysis) is 1. The van der Waals surface area contributed by atoms with Crippen LogP contribution in [-0.2, 0) is 9.53 Å². The van der Waals surface area contributed by atoms with E-state index in [1.54, 1.807) is 20.8 Å². The first-order valence-corrected chi connectivity index (χ1v) is 8.96. The molecule has 2 aromatic rings. The fraction of sp³-hybridized carbons (Fsp3) is 0.333. The Morgan fingerprint density at radius 2 is 1.89 bits per heavy atom. The number of amides is 2. The topological polar surface area (TPSA) is 70.7 Å². The molecule has 0 bridgehead atoms. The standard InChI is InChI=1S/C21H25N3O3/c1-14-10-11-18-16(12-14)22-19(25)17(23-20(26)27-21(2,3)4)13-24(18)15-8-6-5-7-9-15/h5-12,17H,13H2,1-4H3,(H,22,25)(H,23,26). The third kappa shape index (κ3) is 4.58. The normalized spacial score (nSPS) is 16.8.